The van der Waals surface area contributed by atoms with Gasteiger partial charge in [-0.2, -0.15) is 0 Å². The van der Waals surface area contributed by atoms with Crippen molar-refractivity contribution < 1.29 is 18.5 Å². The fourth-order valence-corrected chi connectivity index (χ4v) is 4.31. The van der Waals surface area contributed by atoms with Crippen molar-refractivity contribution in [2.45, 2.75) is 5.78 Å². The van der Waals surface area contributed by atoms with Gasteiger partial charge in [-0.05, 0) is 29.1 Å². The first-order chi connectivity index (χ1) is 13.0. The highest BCUT2D eigenvalue weighted by molar-refractivity contribution is 7.54. The lowest BCUT2D eigenvalue weighted by atomic mass is 10.1. The maximum atomic E-state index is 13.2. The molecule has 0 aromatic heterocycles. The predicted molar refractivity (Wildman–Crippen MR) is 105 cm³/mol. The minimum absolute atomic E-state index is 0.0488. The lowest BCUT2D eigenvalue weighted by Gasteiger charge is -2.27. The molecule has 3 aromatic rings. The second-order valence-electron chi connectivity index (χ2n) is 5.83. The number of non-ortho nitro benzene ring substituents is 1. The van der Waals surface area contributed by atoms with Crippen LogP contribution in [0, 0.1) is 10.1 Å². The van der Waals surface area contributed by atoms with Crippen LogP contribution >= 0.6 is 7.60 Å². The first kappa shape index (κ1) is 19.0. The quantitative estimate of drug-likeness (QED) is 0.335. The Labute approximate surface area is 156 Å². The van der Waals surface area contributed by atoms with Crippen molar-refractivity contribution in [2.24, 2.45) is 0 Å². The van der Waals surface area contributed by atoms with Crippen LogP contribution in [0.15, 0.2) is 66.7 Å². The molecule has 8 heteroatoms. The molecule has 0 aliphatic carbocycles. The normalized spacial score (nSPS) is 12.7. The van der Waals surface area contributed by atoms with Crippen molar-refractivity contribution >= 4 is 29.7 Å². The van der Waals surface area contributed by atoms with Crippen LogP contribution in [0.5, 0.6) is 0 Å². The monoisotopic (exact) mass is 386 g/mol. The maximum Gasteiger partial charge on any atom is 0.356 e. The van der Waals surface area contributed by atoms with E-state index in [2.05, 4.69) is 5.32 Å². The van der Waals surface area contributed by atoms with Crippen molar-refractivity contribution in [3.8, 4) is 0 Å². The highest BCUT2D eigenvalue weighted by atomic mass is 31.2. The third kappa shape index (κ3) is 3.85. The van der Waals surface area contributed by atoms with Gasteiger partial charge in [0.15, 0.2) is 5.78 Å². The number of hydrogen-bond acceptors (Lipinski definition) is 6. The number of nitro benzene ring substituents is 1. The lowest BCUT2D eigenvalue weighted by molar-refractivity contribution is -0.384. The topological polar surface area (TPSA) is 90.7 Å². The summed E-state index contributed by atoms with van der Waals surface area (Å²) < 4.78 is 23.6. The molecule has 0 fully saturated rings. The molecule has 0 bridgehead atoms. The Hall–Kier alpha value is -2.73. The van der Waals surface area contributed by atoms with Crippen LogP contribution in [-0.2, 0) is 13.6 Å². The predicted octanol–water partition coefficient (Wildman–Crippen LogP) is 5.34. The fraction of sp³-hybridized carbons (Fsp3) is 0.158. The molecular weight excluding hydrogens is 367 g/mol. The molecule has 0 aliphatic heterocycles. The summed E-state index contributed by atoms with van der Waals surface area (Å²) in [4.78, 5) is 10.4. The zero-order chi connectivity index (χ0) is 19.4. The van der Waals surface area contributed by atoms with Crippen LogP contribution in [0.2, 0.25) is 0 Å². The van der Waals surface area contributed by atoms with E-state index in [-0.39, 0.29) is 5.69 Å². The number of nitrogens with zero attached hydrogens (tertiary/aromatic N) is 1. The molecule has 0 aliphatic rings. The van der Waals surface area contributed by atoms with Crippen molar-refractivity contribution in [2.75, 3.05) is 19.5 Å². The van der Waals surface area contributed by atoms with Crippen LogP contribution < -0.4 is 5.32 Å². The van der Waals surface area contributed by atoms with Crippen molar-refractivity contribution in [1.29, 1.82) is 0 Å². The van der Waals surface area contributed by atoms with E-state index < -0.39 is 18.3 Å². The summed E-state index contributed by atoms with van der Waals surface area (Å²) >= 11 is 0. The molecule has 0 spiro atoms. The summed E-state index contributed by atoms with van der Waals surface area (Å²) in [6, 6.07) is 19.4. The number of benzene rings is 3. The van der Waals surface area contributed by atoms with Crippen molar-refractivity contribution in [3.63, 3.8) is 0 Å². The molecule has 0 amide bonds. The van der Waals surface area contributed by atoms with Crippen LogP contribution in [0.3, 0.4) is 0 Å². The number of fused-ring (bicyclic) bond motifs is 1. The molecule has 1 atom stereocenters. The average molecular weight is 386 g/mol. The van der Waals surface area contributed by atoms with E-state index in [9.17, 15) is 14.7 Å². The summed E-state index contributed by atoms with van der Waals surface area (Å²) in [6.07, 6.45) is 0. The summed E-state index contributed by atoms with van der Waals surface area (Å²) in [7, 11) is -0.951. The molecular formula is C19H19N2O5P. The zero-order valence-corrected chi connectivity index (χ0v) is 15.8. The van der Waals surface area contributed by atoms with Crippen LogP contribution in [0.1, 0.15) is 11.3 Å². The van der Waals surface area contributed by atoms with Gasteiger partial charge in [0.1, 0.15) is 0 Å². The highest BCUT2D eigenvalue weighted by Gasteiger charge is 2.36. The molecule has 0 saturated heterocycles. The molecule has 3 aromatic carbocycles. The van der Waals surface area contributed by atoms with E-state index >= 15 is 0 Å². The number of anilines is 1. The summed E-state index contributed by atoms with van der Waals surface area (Å²) in [5, 5.41) is 16.1. The van der Waals surface area contributed by atoms with E-state index in [0.717, 1.165) is 16.5 Å². The number of hydrogen-bond donors (Lipinski definition) is 1. The van der Waals surface area contributed by atoms with Gasteiger partial charge in [0.25, 0.3) is 5.69 Å². The highest BCUT2D eigenvalue weighted by Crippen LogP contribution is 2.60. The second-order valence-corrected chi connectivity index (χ2v) is 8.15. The smallest absolute Gasteiger partial charge is 0.356 e. The van der Waals surface area contributed by atoms with Crippen molar-refractivity contribution in [1.82, 2.24) is 0 Å². The molecule has 0 radical (unpaired) electrons. The summed E-state index contributed by atoms with van der Waals surface area (Å²) in [5.41, 5.74) is 1.26. The Bertz CT molecular complexity index is 993. The SMILES string of the molecule is COP(=O)(OC)[C@@H](Nc1cccc2ccccc12)c1ccc([N+](=O)[O-])cc1. The van der Waals surface area contributed by atoms with Gasteiger partial charge in [-0.3, -0.25) is 14.7 Å². The van der Waals surface area contributed by atoms with Gasteiger partial charge in [0, 0.05) is 37.4 Å². The van der Waals surface area contributed by atoms with Gasteiger partial charge >= 0.3 is 7.60 Å². The Morgan fingerprint density at radius 3 is 2.22 bits per heavy atom. The molecule has 7 nitrogen and oxygen atoms in total. The maximum absolute atomic E-state index is 13.2. The number of rotatable bonds is 7. The standard InChI is InChI=1S/C19H19N2O5P/c1-25-27(24,26-2)19(15-10-12-16(13-11-15)21(22)23)20-18-9-5-7-14-6-3-4-8-17(14)18/h3-13,19-20H,1-2H3/t19-/m1/s1. The molecule has 0 saturated carbocycles. The Kier molecular flexibility index (Phi) is 5.56. The molecule has 0 unspecified atom stereocenters. The number of nitro groups is 1. The Morgan fingerprint density at radius 1 is 0.963 bits per heavy atom. The third-order valence-corrected chi connectivity index (χ3v) is 6.40. The zero-order valence-electron chi connectivity index (χ0n) is 14.9. The molecule has 140 valence electrons. The van der Waals surface area contributed by atoms with Crippen molar-refractivity contribution in [3.05, 3.63) is 82.4 Å². The van der Waals surface area contributed by atoms with E-state index in [1.165, 1.54) is 26.4 Å². The first-order valence-corrected chi connectivity index (χ1v) is 9.79. The average Bonchev–Trinajstić information content (AvgIpc) is 2.71. The second kappa shape index (κ2) is 7.88. The largest absolute Gasteiger partial charge is 0.367 e. The molecule has 27 heavy (non-hydrogen) atoms. The summed E-state index contributed by atoms with van der Waals surface area (Å²) in [5.74, 6) is -0.834. The van der Waals surface area contributed by atoms with Crippen LogP contribution in [0.25, 0.3) is 10.8 Å². The van der Waals surface area contributed by atoms with E-state index in [1.54, 1.807) is 12.1 Å². The Balaban J connectivity index is 2.07. The van der Waals surface area contributed by atoms with Gasteiger partial charge in [-0.15, -0.1) is 0 Å². The first-order valence-electron chi connectivity index (χ1n) is 8.18. The lowest BCUT2D eigenvalue weighted by Crippen LogP contribution is -2.14. The Morgan fingerprint density at radius 2 is 1.59 bits per heavy atom. The van der Waals surface area contributed by atoms with E-state index in [0.29, 0.717) is 5.56 Å². The minimum Gasteiger partial charge on any atom is -0.367 e. The van der Waals surface area contributed by atoms with E-state index in [4.69, 9.17) is 9.05 Å². The van der Waals surface area contributed by atoms with Gasteiger partial charge in [-0.25, -0.2) is 0 Å². The molecule has 1 N–H and O–H groups in total. The molecule has 0 heterocycles. The third-order valence-electron chi connectivity index (χ3n) is 4.33. The van der Waals surface area contributed by atoms with E-state index in [1.807, 2.05) is 42.5 Å². The number of nitrogens with one attached hydrogen (secondary N) is 1. The van der Waals surface area contributed by atoms with Gasteiger partial charge in [-0.1, -0.05) is 36.4 Å². The van der Waals surface area contributed by atoms with Crippen LogP contribution in [0.4, 0.5) is 11.4 Å². The molecule has 3 rings (SSSR count). The van der Waals surface area contributed by atoms with Gasteiger partial charge < -0.3 is 14.4 Å². The van der Waals surface area contributed by atoms with Crippen LogP contribution in [-0.4, -0.2) is 19.1 Å². The fourth-order valence-electron chi connectivity index (χ4n) is 2.91. The summed E-state index contributed by atoms with van der Waals surface area (Å²) in [6.45, 7) is 0. The van der Waals surface area contributed by atoms with Gasteiger partial charge in [0.05, 0.1) is 4.92 Å². The van der Waals surface area contributed by atoms with Gasteiger partial charge in [0.2, 0.25) is 0 Å². The minimum atomic E-state index is -3.58.